The highest BCUT2D eigenvalue weighted by Gasteiger charge is 2.03. The number of terminal acetylenes is 1. The van der Waals surface area contributed by atoms with Crippen molar-refractivity contribution in [2.24, 2.45) is 0 Å². The van der Waals surface area contributed by atoms with Gasteiger partial charge in [0.1, 0.15) is 5.82 Å². The van der Waals surface area contributed by atoms with Crippen molar-refractivity contribution in [2.45, 2.75) is 19.4 Å². The normalized spacial score (nSPS) is 12.1. The Morgan fingerprint density at radius 2 is 2.35 bits per heavy atom. The van der Waals surface area contributed by atoms with Crippen LogP contribution in [0.4, 0.5) is 4.39 Å². The maximum Gasteiger partial charge on any atom is 0.123 e. The van der Waals surface area contributed by atoms with Gasteiger partial charge in [-0.25, -0.2) is 4.39 Å². The summed E-state index contributed by atoms with van der Waals surface area (Å²) in [6.07, 6.45) is 6.00. The van der Waals surface area contributed by atoms with Crippen molar-refractivity contribution in [3.05, 3.63) is 35.6 Å². The van der Waals surface area contributed by atoms with E-state index in [1.54, 1.807) is 23.9 Å². The lowest BCUT2D eigenvalue weighted by Crippen LogP contribution is -2.30. The lowest BCUT2D eigenvalue weighted by atomic mass is 10.1. The van der Waals surface area contributed by atoms with Crippen LogP contribution in [0.3, 0.4) is 0 Å². The number of rotatable bonds is 7. The maximum atomic E-state index is 13.0. The fourth-order valence-electron chi connectivity index (χ4n) is 1.60. The molecule has 1 atom stereocenters. The zero-order valence-electron chi connectivity index (χ0n) is 10.1. The highest BCUT2D eigenvalue weighted by molar-refractivity contribution is 7.99. The predicted octanol–water partition coefficient (Wildman–Crippen LogP) is 2.71. The van der Waals surface area contributed by atoms with E-state index in [9.17, 15) is 4.39 Å². The Bertz CT molecular complexity index is 373. The molecule has 0 spiro atoms. The third-order valence-corrected chi connectivity index (χ3v) is 3.22. The fraction of sp³-hybridized carbons (Fsp3) is 0.429. The molecule has 1 rings (SSSR count). The molecule has 0 heterocycles. The lowest BCUT2D eigenvalue weighted by molar-refractivity contribution is 0.564. The highest BCUT2D eigenvalue weighted by atomic mass is 32.2. The van der Waals surface area contributed by atoms with Crippen LogP contribution >= 0.6 is 11.8 Å². The van der Waals surface area contributed by atoms with Crippen molar-refractivity contribution in [1.29, 1.82) is 0 Å². The first-order chi connectivity index (χ1) is 8.22. The summed E-state index contributed by atoms with van der Waals surface area (Å²) in [5.74, 6) is 4.20. The molecule has 1 aromatic rings. The molecular weight excluding hydrogens is 233 g/mol. The average Bonchev–Trinajstić information content (AvgIpc) is 2.29. The van der Waals surface area contributed by atoms with Crippen LogP contribution in [0.25, 0.3) is 0 Å². The number of nitrogens with one attached hydrogen (secondary N) is 1. The molecule has 0 aromatic heterocycles. The van der Waals surface area contributed by atoms with E-state index in [1.807, 2.05) is 6.07 Å². The molecule has 1 nitrogen and oxygen atoms in total. The second-order valence-corrected chi connectivity index (χ2v) is 5.05. The van der Waals surface area contributed by atoms with Gasteiger partial charge < -0.3 is 5.32 Å². The molecule has 1 N–H and O–H groups in total. The van der Waals surface area contributed by atoms with Crippen LogP contribution in [0.15, 0.2) is 24.3 Å². The van der Waals surface area contributed by atoms with E-state index in [4.69, 9.17) is 6.42 Å². The van der Waals surface area contributed by atoms with Crippen LogP contribution < -0.4 is 5.32 Å². The third kappa shape index (κ3) is 6.35. The van der Waals surface area contributed by atoms with Crippen molar-refractivity contribution in [2.75, 3.05) is 18.1 Å². The second-order valence-electron chi connectivity index (χ2n) is 3.95. The summed E-state index contributed by atoms with van der Waals surface area (Å²) in [5.41, 5.74) is 1.03. The summed E-state index contributed by atoms with van der Waals surface area (Å²) >= 11 is 1.75. The zero-order valence-corrected chi connectivity index (χ0v) is 10.9. The van der Waals surface area contributed by atoms with E-state index in [0.717, 1.165) is 30.0 Å². The molecule has 0 amide bonds. The third-order valence-electron chi connectivity index (χ3n) is 2.36. The summed E-state index contributed by atoms with van der Waals surface area (Å²) in [4.78, 5) is 0. The largest absolute Gasteiger partial charge is 0.313 e. The number of hydrogen-bond acceptors (Lipinski definition) is 2. The molecule has 1 unspecified atom stereocenters. The highest BCUT2D eigenvalue weighted by Crippen LogP contribution is 2.06. The number of halogens is 1. The SMILES string of the molecule is C#CCSCCNC(C)Cc1cccc(F)c1. The average molecular weight is 251 g/mol. The molecule has 0 aliphatic carbocycles. The number of thioether (sulfide) groups is 1. The number of benzene rings is 1. The maximum absolute atomic E-state index is 13.0. The van der Waals surface area contributed by atoms with E-state index in [0.29, 0.717) is 6.04 Å². The predicted molar refractivity (Wildman–Crippen MR) is 73.7 cm³/mol. The van der Waals surface area contributed by atoms with Crippen molar-refractivity contribution in [1.82, 2.24) is 5.32 Å². The summed E-state index contributed by atoms with van der Waals surface area (Å²) < 4.78 is 13.0. The lowest BCUT2D eigenvalue weighted by Gasteiger charge is -2.13. The van der Waals surface area contributed by atoms with Gasteiger partial charge in [0.15, 0.2) is 0 Å². The van der Waals surface area contributed by atoms with Gasteiger partial charge >= 0.3 is 0 Å². The second kappa shape index (κ2) is 8.16. The van der Waals surface area contributed by atoms with Gasteiger partial charge in [0, 0.05) is 18.3 Å². The molecule has 92 valence electrons. The molecule has 0 bridgehead atoms. The molecule has 17 heavy (non-hydrogen) atoms. The van der Waals surface area contributed by atoms with Gasteiger partial charge in [0.2, 0.25) is 0 Å². The van der Waals surface area contributed by atoms with Crippen LogP contribution in [0, 0.1) is 18.2 Å². The minimum atomic E-state index is -0.167. The van der Waals surface area contributed by atoms with Gasteiger partial charge in [-0.3, -0.25) is 0 Å². The minimum Gasteiger partial charge on any atom is -0.313 e. The first-order valence-corrected chi connectivity index (χ1v) is 6.87. The van der Waals surface area contributed by atoms with Crippen LogP contribution in [0.2, 0.25) is 0 Å². The van der Waals surface area contributed by atoms with Crippen molar-refractivity contribution in [3.63, 3.8) is 0 Å². The topological polar surface area (TPSA) is 12.0 Å². The Hall–Kier alpha value is -0.980. The molecule has 0 aliphatic heterocycles. The summed E-state index contributed by atoms with van der Waals surface area (Å²) in [7, 11) is 0. The Morgan fingerprint density at radius 3 is 3.06 bits per heavy atom. The van der Waals surface area contributed by atoms with Gasteiger partial charge in [-0.05, 0) is 31.0 Å². The van der Waals surface area contributed by atoms with Gasteiger partial charge in [0.05, 0.1) is 5.75 Å². The van der Waals surface area contributed by atoms with E-state index in [2.05, 4.69) is 18.2 Å². The molecule has 0 aliphatic rings. The summed E-state index contributed by atoms with van der Waals surface area (Å²) in [6.45, 7) is 3.04. The smallest absolute Gasteiger partial charge is 0.123 e. The van der Waals surface area contributed by atoms with Crippen LogP contribution in [0.1, 0.15) is 12.5 Å². The molecular formula is C14H18FNS. The Morgan fingerprint density at radius 1 is 1.53 bits per heavy atom. The summed E-state index contributed by atoms with van der Waals surface area (Å²) in [5, 5.41) is 3.40. The fourth-order valence-corrected chi connectivity index (χ4v) is 2.12. The Kier molecular flexibility index (Phi) is 6.76. The van der Waals surface area contributed by atoms with Crippen LogP contribution in [-0.4, -0.2) is 24.1 Å². The van der Waals surface area contributed by atoms with E-state index < -0.39 is 0 Å². The van der Waals surface area contributed by atoms with Gasteiger partial charge in [-0.2, -0.15) is 0 Å². The molecule has 0 saturated heterocycles. The van der Waals surface area contributed by atoms with Crippen molar-refractivity contribution in [3.8, 4) is 12.3 Å². The first kappa shape index (κ1) is 14.1. The van der Waals surface area contributed by atoms with Crippen LogP contribution in [-0.2, 0) is 6.42 Å². The molecule has 1 aromatic carbocycles. The quantitative estimate of drug-likeness (QED) is 0.591. The van der Waals surface area contributed by atoms with Gasteiger partial charge in [-0.1, -0.05) is 18.1 Å². The van der Waals surface area contributed by atoms with Gasteiger partial charge in [0.25, 0.3) is 0 Å². The molecule has 0 radical (unpaired) electrons. The molecule has 0 saturated carbocycles. The van der Waals surface area contributed by atoms with Crippen LogP contribution in [0.5, 0.6) is 0 Å². The first-order valence-electron chi connectivity index (χ1n) is 5.71. The van der Waals surface area contributed by atoms with Crippen molar-refractivity contribution < 1.29 is 4.39 Å². The summed E-state index contributed by atoms with van der Waals surface area (Å²) in [6, 6.07) is 7.11. The standard InChI is InChI=1S/C14H18FNS/c1-3-8-17-9-7-16-12(2)10-13-5-4-6-14(15)11-13/h1,4-6,11-12,16H,7-10H2,2H3. The molecule has 3 heteroatoms. The number of hydrogen-bond donors (Lipinski definition) is 1. The zero-order chi connectivity index (χ0) is 12.5. The Balaban J connectivity index is 2.21. The van der Waals surface area contributed by atoms with Crippen molar-refractivity contribution >= 4 is 11.8 Å². The van der Waals surface area contributed by atoms with E-state index in [1.165, 1.54) is 6.07 Å². The Labute approximate surface area is 107 Å². The van der Waals surface area contributed by atoms with Gasteiger partial charge in [-0.15, -0.1) is 18.2 Å². The van der Waals surface area contributed by atoms with E-state index >= 15 is 0 Å². The minimum absolute atomic E-state index is 0.167. The molecule has 0 fully saturated rings. The van der Waals surface area contributed by atoms with E-state index in [-0.39, 0.29) is 5.82 Å². The monoisotopic (exact) mass is 251 g/mol.